The largest absolute Gasteiger partial charge is 0.493 e. The molecule has 0 aliphatic carbocycles. The van der Waals surface area contributed by atoms with Crippen molar-refractivity contribution in [2.24, 2.45) is 0 Å². The van der Waals surface area contributed by atoms with Crippen molar-refractivity contribution in [3.8, 4) is 5.75 Å². The Labute approximate surface area is 204 Å². The number of nitrogens with one attached hydrogen (secondary N) is 1. The van der Waals surface area contributed by atoms with Gasteiger partial charge in [-0.05, 0) is 63.4 Å². The molecule has 9 nitrogen and oxygen atoms in total. The van der Waals surface area contributed by atoms with Crippen molar-refractivity contribution in [2.75, 3.05) is 13.2 Å². The summed E-state index contributed by atoms with van der Waals surface area (Å²) >= 11 is 0. The van der Waals surface area contributed by atoms with Gasteiger partial charge in [0, 0.05) is 13.1 Å². The first-order valence-electron chi connectivity index (χ1n) is 11.5. The molecule has 35 heavy (non-hydrogen) atoms. The lowest BCUT2D eigenvalue weighted by Gasteiger charge is -2.40. The normalized spacial score (nSPS) is 16.1. The van der Waals surface area contributed by atoms with Gasteiger partial charge < -0.3 is 25.0 Å². The van der Waals surface area contributed by atoms with E-state index < -0.39 is 35.7 Å². The topological polar surface area (TPSA) is 125 Å². The average molecular weight is 485 g/mol. The molecule has 1 heterocycles. The summed E-state index contributed by atoms with van der Waals surface area (Å²) in [5.74, 6) is -1.51. The van der Waals surface area contributed by atoms with Gasteiger partial charge in [-0.25, -0.2) is 9.59 Å². The molecule has 0 saturated heterocycles. The van der Waals surface area contributed by atoms with Gasteiger partial charge in [0.15, 0.2) is 0 Å². The molecule has 0 radical (unpaired) electrons. The van der Waals surface area contributed by atoms with Gasteiger partial charge in [-0.2, -0.15) is 0 Å². The average Bonchev–Trinajstić information content (AvgIpc) is 2.80. The van der Waals surface area contributed by atoms with E-state index in [1.807, 2.05) is 24.3 Å². The summed E-state index contributed by atoms with van der Waals surface area (Å²) in [5, 5.41) is 22.9. The number of aliphatic hydroxyl groups excluding tert-OH is 1. The zero-order chi connectivity index (χ0) is 25.8. The second kappa shape index (κ2) is 10.8. The first kappa shape index (κ1) is 26.0. The molecular formula is C26H32N2O7. The lowest BCUT2D eigenvalue weighted by atomic mass is 9.91. The van der Waals surface area contributed by atoms with E-state index in [1.165, 1.54) is 23.1 Å². The van der Waals surface area contributed by atoms with Crippen molar-refractivity contribution in [1.82, 2.24) is 10.2 Å². The van der Waals surface area contributed by atoms with Crippen molar-refractivity contribution in [2.45, 2.75) is 58.4 Å². The maximum Gasteiger partial charge on any atom is 0.410 e. The molecule has 1 aliphatic rings. The highest BCUT2D eigenvalue weighted by Gasteiger charge is 2.37. The Balaban J connectivity index is 1.77. The molecule has 2 amide bonds. The predicted octanol–water partition coefficient (Wildman–Crippen LogP) is 3.24. The number of hydrogen-bond donors (Lipinski definition) is 3. The molecule has 9 heteroatoms. The summed E-state index contributed by atoms with van der Waals surface area (Å²) in [6.45, 7) is 7.46. The number of aliphatic hydroxyl groups is 1. The van der Waals surface area contributed by atoms with Crippen LogP contribution in [0.15, 0.2) is 42.5 Å². The fourth-order valence-electron chi connectivity index (χ4n) is 3.96. The number of ether oxygens (including phenoxy) is 2. The minimum atomic E-state index is -1.13. The second-order valence-corrected chi connectivity index (χ2v) is 9.37. The van der Waals surface area contributed by atoms with Gasteiger partial charge in [0.1, 0.15) is 11.4 Å². The van der Waals surface area contributed by atoms with Gasteiger partial charge in [-0.15, -0.1) is 0 Å². The van der Waals surface area contributed by atoms with E-state index >= 15 is 0 Å². The maximum absolute atomic E-state index is 12.9. The maximum atomic E-state index is 12.9. The van der Waals surface area contributed by atoms with Crippen LogP contribution in [0.4, 0.5) is 4.79 Å². The molecule has 3 rings (SSSR count). The molecule has 1 aliphatic heterocycles. The Morgan fingerprint density at radius 3 is 2.46 bits per heavy atom. The van der Waals surface area contributed by atoms with Crippen molar-refractivity contribution in [1.29, 1.82) is 0 Å². The molecule has 0 spiro atoms. The molecule has 0 aromatic heterocycles. The molecule has 0 saturated carbocycles. The highest BCUT2D eigenvalue weighted by atomic mass is 16.6. The molecule has 2 aromatic rings. The van der Waals surface area contributed by atoms with Gasteiger partial charge in [0.25, 0.3) is 5.91 Å². The highest BCUT2D eigenvalue weighted by molar-refractivity contribution is 5.98. The zero-order valence-corrected chi connectivity index (χ0v) is 20.4. The standard InChI is InChI=1S/C26H32N2O7/c1-5-34-22-13-17(24(31)32)10-11-19(22)23(30)27-14-21(29)20-12-16-8-6-7-9-18(16)15-28(20)25(33)35-26(2,3)4/h6-11,13,20-21,29H,5,12,14-15H2,1-4H3,(H,27,30)(H,31,32)/t20-,21?/m0/s1. The van der Waals surface area contributed by atoms with Crippen molar-refractivity contribution in [3.05, 3.63) is 64.7 Å². The molecule has 0 fully saturated rings. The van der Waals surface area contributed by atoms with Gasteiger partial charge in [-0.1, -0.05) is 24.3 Å². The number of nitrogens with zero attached hydrogens (tertiary/aromatic N) is 1. The van der Waals surface area contributed by atoms with Crippen LogP contribution in [0.2, 0.25) is 0 Å². The third-order valence-corrected chi connectivity index (χ3v) is 5.61. The zero-order valence-electron chi connectivity index (χ0n) is 20.4. The van der Waals surface area contributed by atoms with Crippen LogP contribution < -0.4 is 10.1 Å². The van der Waals surface area contributed by atoms with Crippen LogP contribution in [-0.2, 0) is 17.7 Å². The van der Waals surface area contributed by atoms with Crippen LogP contribution in [0.25, 0.3) is 0 Å². The van der Waals surface area contributed by atoms with E-state index in [0.717, 1.165) is 11.1 Å². The monoisotopic (exact) mass is 484 g/mol. The highest BCUT2D eigenvalue weighted by Crippen LogP contribution is 2.27. The van der Waals surface area contributed by atoms with Crippen LogP contribution in [0.3, 0.4) is 0 Å². The first-order chi connectivity index (χ1) is 16.5. The number of fused-ring (bicyclic) bond motifs is 1. The molecule has 2 atom stereocenters. The van der Waals surface area contributed by atoms with E-state index in [9.17, 15) is 24.6 Å². The summed E-state index contributed by atoms with van der Waals surface area (Å²) in [6.07, 6.45) is -1.21. The van der Waals surface area contributed by atoms with Crippen LogP contribution in [0.5, 0.6) is 5.75 Å². The lowest BCUT2D eigenvalue weighted by molar-refractivity contribution is -0.0113. The van der Waals surface area contributed by atoms with Gasteiger partial charge in [-0.3, -0.25) is 9.69 Å². The van der Waals surface area contributed by atoms with Crippen molar-refractivity contribution in [3.63, 3.8) is 0 Å². The van der Waals surface area contributed by atoms with E-state index in [2.05, 4.69) is 5.32 Å². The Bertz CT molecular complexity index is 1090. The number of carbonyl (C=O) groups excluding carboxylic acids is 2. The van der Waals surface area contributed by atoms with Crippen LogP contribution in [0, 0.1) is 0 Å². The number of carboxylic acid groups (broad SMARTS) is 1. The SMILES string of the molecule is CCOc1cc(C(=O)O)ccc1C(=O)NCC(O)[C@@H]1Cc2ccccc2CN1C(=O)OC(C)(C)C. The number of rotatable bonds is 7. The fraction of sp³-hybridized carbons (Fsp3) is 0.423. The third kappa shape index (κ3) is 6.51. The number of amides is 2. The minimum Gasteiger partial charge on any atom is -0.493 e. The van der Waals surface area contributed by atoms with Gasteiger partial charge in [0.2, 0.25) is 0 Å². The summed E-state index contributed by atoms with van der Waals surface area (Å²) in [6, 6.07) is 11.1. The van der Waals surface area contributed by atoms with Crippen molar-refractivity contribution >= 4 is 18.0 Å². The summed E-state index contributed by atoms with van der Waals surface area (Å²) in [4.78, 5) is 38.6. The van der Waals surface area contributed by atoms with Crippen LogP contribution in [0.1, 0.15) is 59.5 Å². The van der Waals surface area contributed by atoms with E-state index in [-0.39, 0.29) is 36.6 Å². The Morgan fingerprint density at radius 2 is 1.83 bits per heavy atom. The molecular weight excluding hydrogens is 452 g/mol. The number of carbonyl (C=O) groups is 3. The molecule has 2 aromatic carbocycles. The first-order valence-corrected chi connectivity index (χ1v) is 11.5. The molecule has 0 bridgehead atoms. The third-order valence-electron chi connectivity index (χ3n) is 5.61. The van der Waals surface area contributed by atoms with Crippen LogP contribution >= 0.6 is 0 Å². The smallest absolute Gasteiger partial charge is 0.410 e. The summed E-state index contributed by atoms with van der Waals surface area (Å²) in [5.41, 5.74) is 1.45. The molecule has 1 unspecified atom stereocenters. The van der Waals surface area contributed by atoms with Gasteiger partial charge >= 0.3 is 12.1 Å². The summed E-state index contributed by atoms with van der Waals surface area (Å²) < 4.78 is 11.0. The molecule has 3 N–H and O–H groups in total. The van der Waals surface area contributed by atoms with Crippen LogP contribution in [-0.4, -0.2) is 64.0 Å². The minimum absolute atomic E-state index is 0.00101. The Morgan fingerprint density at radius 1 is 1.14 bits per heavy atom. The molecule has 188 valence electrons. The van der Waals surface area contributed by atoms with E-state index in [4.69, 9.17) is 9.47 Å². The fourth-order valence-corrected chi connectivity index (χ4v) is 3.96. The summed E-state index contributed by atoms with van der Waals surface area (Å²) in [7, 11) is 0. The van der Waals surface area contributed by atoms with Gasteiger partial charge in [0.05, 0.1) is 29.9 Å². The number of carboxylic acids is 1. The second-order valence-electron chi connectivity index (χ2n) is 9.37. The predicted molar refractivity (Wildman–Crippen MR) is 129 cm³/mol. The number of benzene rings is 2. The number of aromatic carboxylic acids is 1. The van der Waals surface area contributed by atoms with E-state index in [1.54, 1.807) is 27.7 Å². The van der Waals surface area contributed by atoms with E-state index in [0.29, 0.717) is 6.42 Å². The van der Waals surface area contributed by atoms with Crippen molar-refractivity contribution < 1.29 is 34.1 Å². The quantitative estimate of drug-likeness (QED) is 0.551. The Kier molecular flexibility index (Phi) is 8.01. The number of hydrogen-bond acceptors (Lipinski definition) is 6. The lowest BCUT2D eigenvalue weighted by Crippen LogP contribution is -2.54. The Hall–Kier alpha value is -3.59.